The molecule has 0 aromatic heterocycles. The number of rotatable bonds is 6. The summed E-state index contributed by atoms with van der Waals surface area (Å²) >= 11 is 11.8. The fourth-order valence-electron chi connectivity index (χ4n) is 2.47. The molecule has 2 aromatic rings. The van der Waals surface area contributed by atoms with Crippen LogP contribution in [-0.2, 0) is 22.7 Å². The average molecular weight is 393 g/mol. The summed E-state index contributed by atoms with van der Waals surface area (Å²) in [6.07, 6.45) is 0.234. The first-order valence-electron chi connectivity index (χ1n) is 7.38. The minimum Gasteiger partial charge on any atom is -0.218 e. The lowest BCUT2D eigenvalue weighted by atomic mass is 10.1. The molecular weight excluding hydrogens is 379 g/mol. The van der Waals surface area contributed by atoms with Gasteiger partial charge in [0.05, 0.1) is 21.9 Å². The highest BCUT2D eigenvalue weighted by Gasteiger charge is 2.25. The van der Waals surface area contributed by atoms with Crippen LogP contribution in [0.3, 0.4) is 0 Å². The Morgan fingerprint density at radius 3 is 1.52 bits per heavy atom. The molecule has 2 atom stereocenters. The van der Waals surface area contributed by atoms with Crippen LogP contribution in [0.4, 0.5) is 0 Å². The summed E-state index contributed by atoms with van der Waals surface area (Å²) in [6.45, 7) is 0. The lowest BCUT2D eigenvalue weighted by Gasteiger charge is -2.14. The lowest BCUT2D eigenvalue weighted by Crippen LogP contribution is -2.12. The number of benzene rings is 2. The molecule has 0 bridgehead atoms. The lowest BCUT2D eigenvalue weighted by molar-refractivity contribution is 0.593. The topological polar surface area (TPSA) is 81.7 Å². The Hall–Kier alpha value is -2.05. The first kappa shape index (κ1) is 19.3. The van der Waals surface area contributed by atoms with Crippen molar-refractivity contribution in [3.05, 3.63) is 59.7 Å². The summed E-state index contributed by atoms with van der Waals surface area (Å²) in [5.74, 6) is 0. The van der Waals surface area contributed by atoms with Crippen LogP contribution in [-0.4, -0.2) is 19.2 Å². The number of nitriles is 2. The van der Waals surface area contributed by atoms with Crippen LogP contribution in [0.15, 0.2) is 58.3 Å². The second-order valence-electron chi connectivity index (χ2n) is 5.32. The molecule has 0 N–H and O–H groups in total. The van der Waals surface area contributed by atoms with Crippen LogP contribution in [0, 0.1) is 22.7 Å². The van der Waals surface area contributed by atoms with Crippen LogP contribution in [0.1, 0.15) is 11.1 Å². The van der Waals surface area contributed by atoms with Crippen molar-refractivity contribution in [2.24, 2.45) is 0 Å². The maximum atomic E-state index is 13.2. The molecule has 0 fully saturated rings. The van der Waals surface area contributed by atoms with Gasteiger partial charge in [0.15, 0.2) is 0 Å². The highest BCUT2D eigenvalue weighted by Crippen LogP contribution is 2.29. The molecule has 0 saturated carbocycles. The predicted octanol–water partition coefficient (Wildman–Crippen LogP) is 3.87. The molecule has 25 heavy (non-hydrogen) atoms. The van der Waals surface area contributed by atoms with Crippen LogP contribution < -0.4 is 0 Å². The minimum absolute atomic E-state index is 0.103. The Balaban J connectivity index is 2.55. The molecule has 0 aliphatic rings. The quantitative estimate of drug-likeness (QED) is 0.698. The second-order valence-corrected chi connectivity index (χ2v) is 8.26. The number of sulfone groups is 1. The van der Waals surface area contributed by atoms with Crippen LogP contribution in [0.2, 0.25) is 0 Å². The van der Waals surface area contributed by atoms with Crippen LogP contribution >= 0.6 is 23.2 Å². The van der Waals surface area contributed by atoms with E-state index in [2.05, 4.69) is 0 Å². The smallest absolute Gasteiger partial charge is 0.207 e. The molecule has 128 valence electrons. The van der Waals surface area contributed by atoms with Gasteiger partial charge in [0.25, 0.3) is 0 Å². The van der Waals surface area contributed by atoms with E-state index < -0.39 is 20.6 Å². The van der Waals surface area contributed by atoms with E-state index in [9.17, 15) is 8.42 Å². The SMILES string of the molecule is N#CC(Cl)Cc1ccccc1S(=O)(=O)c1ccccc1CC(Cl)C#N. The second kappa shape index (κ2) is 8.36. The summed E-state index contributed by atoms with van der Waals surface area (Å²) in [6, 6.07) is 16.7. The summed E-state index contributed by atoms with van der Waals surface area (Å²) in [5.41, 5.74) is 0.947. The first-order chi connectivity index (χ1) is 11.9. The van der Waals surface area contributed by atoms with E-state index in [1.165, 1.54) is 12.1 Å². The Bertz CT molecular complexity index is 875. The van der Waals surface area contributed by atoms with E-state index in [1.54, 1.807) is 36.4 Å². The van der Waals surface area contributed by atoms with Crippen molar-refractivity contribution in [3.8, 4) is 12.1 Å². The fourth-order valence-corrected chi connectivity index (χ4v) is 4.54. The van der Waals surface area contributed by atoms with Gasteiger partial charge in [-0.3, -0.25) is 0 Å². The molecule has 0 amide bonds. The Labute approximate surface area is 157 Å². The molecule has 4 nitrogen and oxygen atoms in total. The zero-order chi connectivity index (χ0) is 18.4. The average Bonchev–Trinajstić information content (AvgIpc) is 2.62. The molecule has 2 unspecified atom stereocenters. The van der Waals surface area contributed by atoms with Gasteiger partial charge in [-0.2, -0.15) is 10.5 Å². The van der Waals surface area contributed by atoms with Gasteiger partial charge in [-0.15, -0.1) is 23.2 Å². The van der Waals surface area contributed by atoms with Gasteiger partial charge in [0.1, 0.15) is 10.8 Å². The third-order valence-electron chi connectivity index (χ3n) is 3.60. The predicted molar refractivity (Wildman–Crippen MR) is 96.3 cm³/mol. The summed E-state index contributed by atoms with van der Waals surface area (Å²) < 4.78 is 26.3. The molecule has 2 aromatic carbocycles. The fraction of sp³-hybridized carbons (Fsp3) is 0.222. The van der Waals surface area contributed by atoms with E-state index in [0.717, 1.165) is 0 Å². The van der Waals surface area contributed by atoms with Gasteiger partial charge in [0.2, 0.25) is 9.84 Å². The number of alkyl halides is 2. The van der Waals surface area contributed by atoms with Gasteiger partial charge in [-0.25, -0.2) is 8.42 Å². The van der Waals surface area contributed by atoms with Gasteiger partial charge in [-0.1, -0.05) is 36.4 Å². The summed E-state index contributed by atoms with van der Waals surface area (Å²) in [7, 11) is -3.84. The van der Waals surface area contributed by atoms with Crippen molar-refractivity contribution in [2.45, 2.75) is 33.4 Å². The standard InChI is InChI=1S/C18H14Cl2N2O2S/c19-15(11-21)9-13-5-1-3-7-17(13)25(23,24)18-8-4-2-6-14(18)10-16(20)12-22/h1-8,15-16H,9-10H2. The van der Waals surface area contributed by atoms with Gasteiger partial charge < -0.3 is 0 Å². The molecule has 0 radical (unpaired) electrons. The Kier molecular flexibility index (Phi) is 6.45. The summed E-state index contributed by atoms with van der Waals surface area (Å²) in [4.78, 5) is 0.206. The van der Waals surface area contributed by atoms with E-state index in [-0.39, 0.29) is 22.6 Å². The van der Waals surface area contributed by atoms with Crippen molar-refractivity contribution in [1.82, 2.24) is 0 Å². The summed E-state index contributed by atoms with van der Waals surface area (Å²) in [5, 5.41) is 16.2. The van der Waals surface area contributed by atoms with Gasteiger partial charge in [-0.05, 0) is 23.3 Å². The molecular formula is C18H14Cl2N2O2S. The van der Waals surface area contributed by atoms with Crippen molar-refractivity contribution in [1.29, 1.82) is 10.5 Å². The highest BCUT2D eigenvalue weighted by molar-refractivity contribution is 7.91. The Morgan fingerprint density at radius 2 is 1.16 bits per heavy atom. The van der Waals surface area contributed by atoms with Crippen molar-refractivity contribution >= 4 is 33.0 Å². The Morgan fingerprint density at radius 1 is 0.800 bits per heavy atom. The van der Waals surface area contributed by atoms with E-state index in [4.69, 9.17) is 33.7 Å². The van der Waals surface area contributed by atoms with Crippen molar-refractivity contribution in [2.75, 3.05) is 0 Å². The maximum Gasteiger partial charge on any atom is 0.207 e. The van der Waals surface area contributed by atoms with Crippen LogP contribution in [0.5, 0.6) is 0 Å². The van der Waals surface area contributed by atoms with E-state index in [0.29, 0.717) is 11.1 Å². The zero-order valence-corrected chi connectivity index (χ0v) is 15.4. The van der Waals surface area contributed by atoms with Crippen molar-refractivity contribution in [3.63, 3.8) is 0 Å². The first-order valence-corrected chi connectivity index (χ1v) is 9.74. The largest absolute Gasteiger partial charge is 0.218 e. The number of hydrogen-bond donors (Lipinski definition) is 0. The molecule has 2 rings (SSSR count). The maximum absolute atomic E-state index is 13.2. The molecule has 0 spiro atoms. The molecule has 7 heteroatoms. The zero-order valence-electron chi connectivity index (χ0n) is 13.1. The molecule has 0 heterocycles. The van der Waals surface area contributed by atoms with E-state index >= 15 is 0 Å². The normalized spacial score (nSPS) is 13.4. The third kappa shape index (κ3) is 4.52. The monoisotopic (exact) mass is 392 g/mol. The highest BCUT2D eigenvalue weighted by atomic mass is 35.5. The molecule has 0 aliphatic heterocycles. The van der Waals surface area contributed by atoms with Gasteiger partial charge >= 0.3 is 0 Å². The number of halogens is 2. The third-order valence-corrected chi connectivity index (χ3v) is 6.06. The van der Waals surface area contributed by atoms with Crippen LogP contribution in [0.25, 0.3) is 0 Å². The minimum atomic E-state index is -3.84. The number of nitrogens with zero attached hydrogens (tertiary/aromatic N) is 2. The number of hydrogen-bond acceptors (Lipinski definition) is 4. The van der Waals surface area contributed by atoms with Gasteiger partial charge in [0, 0.05) is 12.8 Å². The van der Waals surface area contributed by atoms with E-state index in [1.807, 2.05) is 12.1 Å². The van der Waals surface area contributed by atoms with Crippen molar-refractivity contribution < 1.29 is 8.42 Å². The molecule has 0 saturated heterocycles. The molecule has 0 aliphatic carbocycles.